The van der Waals surface area contributed by atoms with Crippen molar-refractivity contribution < 1.29 is 19.5 Å². The Kier molecular flexibility index (Phi) is 6.46. The molecule has 0 spiro atoms. The maximum atomic E-state index is 11.7. The number of ether oxygens (including phenoxy) is 1. The zero-order valence-corrected chi connectivity index (χ0v) is 15.4. The van der Waals surface area contributed by atoms with Crippen molar-refractivity contribution in [2.75, 3.05) is 6.61 Å². The molecule has 8 nitrogen and oxygen atoms in total. The van der Waals surface area contributed by atoms with Gasteiger partial charge in [0.25, 0.3) is 0 Å². The smallest absolute Gasteiger partial charge is 0.349 e. The number of rotatable bonds is 8. The lowest BCUT2D eigenvalue weighted by Gasteiger charge is -2.12. The topological polar surface area (TPSA) is 98.8 Å². The lowest BCUT2D eigenvalue weighted by Crippen LogP contribution is -2.23. The third kappa shape index (κ3) is 5.38. The molecular weight excluding hydrogens is 336 g/mol. The molecule has 1 atom stereocenters. The summed E-state index contributed by atoms with van der Waals surface area (Å²) in [6.07, 6.45) is 0.823. The minimum absolute atomic E-state index is 0.267. The third-order valence-corrected chi connectivity index (χ3v) is 3.52. The van der Waals surface area contributed by atoms with Gasteiger partial charge in [-0.3, -0.25) is 0 Å². The van der Waals surface area contributed by atoms with Gasteiger partial charge in [-0.1, -0.05) is 40.7 Å². The predicted octanol–water partition coefficient (Wildman–Crippen LogP) is 1.88. The Bertz CT molecular complexity index is 750. The van der Waals surface area contributed by atoms with Gasteiger partial charge in [0.2, 0.25) is 6.10 Å². The van der Waals surface area contributed by atoms with Crippen LogP contribution < -0.4 is 0 Å². The fraction of sp³-hybridized carbons (Fsp3) is 0.444. The van der Waals surface area contributed by atoms with Gasteiger partial charge in [0.15, 0.2) is 0 Å². The van der Waals surface area contributed by atoms with Crippen LogP contribution in [0.15, 0.2) is 41.7 Å². The van der Waals surface area contributed by atoms with Crippen LogP contribution in [0.3, 0.4) is 0 Å². The highest BCUT2D eigenvalue weighted by Crippen LogP contribution is 2.16. The molecule has 0 bridgehead atoms. The number of aliphatic hydroxyl groups is 1. The summed E-state index contributed by atoms with van der Waals surface area (Å²) in [6, 6.07) is 9.41. The van der Waals surface area contributed by atoms with E-state index in [9.17, 15) is 9.90 Å². The first-order valence-electron chi connectivity index (χ1n) is 8.39. The van der Waals surface area contributed by atoms with Crippen LogP contribution >= 0.6 is 0 Å². The predicted molar refractivity (Wildman–Crippen MR) is 95.4 cm³/mol. The molecule has 1 unspecified atom stereocenters. The number of hydrogen-bond donors (Lipinski definition) is 1. The molecule has 0 aliphatic heterocycles. The summed E-state index contributed by atoms with van der Waals surface area (Å²) in [5.41, 5.74) is 0.751. The molecule has 1 aromatic carbocycles. The zero-order chi connectivity index (χ0) is 19.2. The van der Waals surface area contributed by atoms with Crippen LogP contribution in [0, 0.1) is 0 Å². The van der Waals surface area contributed by atoms with Crippen LogP contribution in [-0.4, -0.2) is 44.5 Å². The molecule has 2 rings (SSSR count). The van der Waals surface area contributed by atoms with Gasteiger partial charge in [0, 0.05) is 5.56 Å². The molecule has 0 aliphatic rings. The maximum Gasteiger partial charge on any atom is 0.349 e. The highest BCUT2D eigenvalue weighted by molar-refractivity contribution is 6.00. The zero-order valence-electron chi connectivity index (χ0n) is 15.4. The van der Waals surface area contributed by atoms with Gasteiger partial charge in [-0.2, -0.15) is 0 Å². The van der Waals surface area contributed by atoms with Gasteiger partial charge in [0.1, 0.15) is 17.0 Å². The first kappa shape index (κ1) is 19.6. The van der Waals surface area contributed by atoms with Gasteiger partial charge >= 0.3 is 5.97 Å². The number of benzene rings is 1. The van der Waals surface area contributed by atoms with Gasteiger partial charge < -0.3 is 14.7 Å². The highest BCUT2D eigenvalue weighted by atomic mass is 16.7. The molecule has 0 saturated carbocycles. The Morgan fingerprint density at radius 3 is 2.62 bits per heavy atom. The molecule has 1 N–H and O–H groups in total. The van der Waals surface area contributed by atoms with Crippen LogP contribution in [-0.2, 0) is 26.5 Å². The van der Waals surface area contributed by atoms with Gasteiger partial charge in [0.05, 0.1) is 19.3 Å². The van der Waals surface area contributed by atoms with Crippen molar-refractivity contribution in [3.05, 3.63) is 47.8 Å². The van der Waals surface area contributed by atoms with Crippen LogP contribution in [0.2, 0.25) is 0 Å². The molecule has 0 amide bonds. The van der Waals surface area contributed by atoms with E-state index in [2.05, 4.69) is 15.5 Å². The van der Waals surface area contributed by atoms with E-state index in [-0.39, 0.29) is 13.2 Å². The van der Waals surface area contributed by atoms with Crippen LogP contribution in [0.4, 0.5) is 0 Å². The summed E-state index contributed by atoms with van der Waals surface area (Å²) in [5, 5.41) is 22.1. The van der Waals surface area contributed by atoms with Crippen LogP contribution in [0.5, 0.6) is 0 Å². The number of carbonyl (C=O) groups is 1. The van der Waals surface area contributed by atoms with Gasteiger partial charge in [-0.25, -0.2) is 9.48 Å². The molecule has 0 aliphatic carbocycles. The molecule has 26 heavy (non-hydrogen) atoms. The summed E-state index contributed by atoms with van der Waals surface area (Å²) in [5.74, 6) is -0.478. The quantitative estimate of drug-likeness (QED) is 0.438. The number of nitrogens with zero attached hydrogens (tertiary/aromatic N) is 4. The fourth-order valence-electron chi connectivity index (χ4n) is 2.06. The average Bonchev–Trinajstić information content (AvgIpc) is 3.08. The lowest BCUT2D eigenvalue weighted by molar-refractivity contribution is -0.155. The van der Waals surface area contributed by atoms with Crippen molar-refractivity contribution in [1.29, 1.82) is 0 Å². The molecule has 0 fully saturated rings. The molecule has 0 saturated heterocycles. The number of hydrogen-bond acceptors (Lipinski definition) is 7. The van der Waals surface area contributed by atoms with E-state index in [0.717, 1.165) is 5.56 Å². The normalized spacial score (nSPS) is 13.3. The molecule has 0 radical (unpaired) electrons. The lowest BCUT2D eigenvalue weighted by atomic mass is 10.1. The molecule has 8 heteroatoms. The van der Waals surface area contributed by atoms with Crippen molar-refractivity contribution in [1.82, 2.24) is 15.0 Å². The SMILES string of the molecule is CCOC(=O)C(C)O/N=C(\Cn1cc(C(C)(C)O)nn1)c1ccccc1. The number of aromatic nitrogens is 3. The van der Waals surface area contributed by atoms with E-state index >= 15 is 0 Å². The van der Waals surface area contributed by atoms with Gasteiger partial charge in [-0.15, -0.1) is 5.10 Å². The minimum Gasteiger partial charge on any atom is -0.463 e. The van der Waals surface area contributed by atoms with E-state index < -0.39 is 17.7 Å². The summed E-state index contributed by atoms with van der Waals surface area (Å²) >= 11 is 0. The van der Waals surface area contributed by atoms with E-state index in [1.165, 1.54) is 0 Å². The van der Waals surface area contributed by atoms with Crippen molar-refractivity contribution in [2.45, 2.75) is 45.9 Å². The van der Waals surface area contributed by atoms with Crippen LogP contribution in [0.1, 0.15) is 39.0 Å². The number of oxime groups is 1. The largest absolute Gasteiger partial charge is 0.463 e. The van der Waals surface area contributed by atoms with E-state index in [4.69, 9.17) is 9.57 Å². The fourth-order valence-corrected chi connectivity index (χ4v) is 2.06. The molecule has 1 aromatic heterocycles. The van der Waals surface area contributed by atoms with Crippen molar-refractivity contribution in [3.63, 3.8) is 0 Å². The summed E-state index contributed by atoms with van der Waals surface area (Å²) in [6.45, 7) is 7.12. The second-order valence-electron chi connectivity index (χ2n) is 6.26. The van der Waals surface area contributed by atoms with Crippen molar-refractivity contribution in [2.24, 2.45) is 5.16 Å². The Hall–Kier alpha value is -2.74. The van der Waals surface area contributed by atoms with E-state index in [1.807, 2.05) is 30.3 Å². The summed E-state index contributed by atoms with van der Waals surface area (Å²) < 4.78 is 6.47. The number of esters is 1. The molecular formula is C18H24N4O4. The minimum atomic E-state index is -1.09. The van der Waals surface area contributed by atoms with Crippen molar-refractivity contribution >= 4 is 11.7 Å². The Morgan fingerprint density at radius 2 is 2.04 bits per heavy atom. The Morgan fingerprint density at radius 1 is 1.35 bits per heavy atom. The second-order valence-corrected chi connectivity index (χ2v) is 6.26. The van der Waals surface area contributed by atoms with E-state index in [0.29, 0.717) is 11.4 Å². The Balaban J connectivity index is 2.21. The monoisotopic (exact) mass is 360 g/mol. The summed E-state index contributed by atoms with van der Waals surface area (Å²) in [4.78, 5) is 17.0. The van der Waals surface area contributed by atoms with Gasteiger partial charge in [-0.05, 0) is 27.7 Å². The first-order chi connectivity index (χ1) is 12.3. The van der Waals surface area contributed by atoms with E-state index in [1.54, 1.807) is 38.6 Å². The highest BCUT2D eigenvalue weighted by Gasteiger charge is 2.21. The Labute approximate surface area is 152 Å². The average molecular weight is 360 g/mol. The summed E-state index contributed by atoms with van der Waals surface area (Å²) in [7, 11) is 0. The third-order valence-electron chi connectivity index (χ3n) is 3.52. The second kappa shape index (κ2) is 8.57. The molecule has 140 valence electrons. The van der Waals surface area contributed by atoms with Crippen molar-refractivity contribution in [3.8, 4) is 0 Å². The molecule has 2 aromatic rings. The number of carbonyl (C=O) groups excluding carboxylic acids is 1. The maximum absolute atomic E-state index is 11.7. The molecule has 1 heterocycles. The standard InChI is InChI=1S/C18H24N4O4/c1-5-25-17(23)13(2)26-20-15(14-9-7-6-8-10-14)11-22-12-16(19-21-22)18(3,4)24/h6-10,12-13,24H,5,11H2,1-4H3/b20-15+. The first-order valence-corrected chi connectivity index (χ1v) is 8.39. The van der Waals surface area contributed by atoms with Crippen LogP contribution in [0.25, 0.3) is 0 Å².